The molecule has 3 heterocycles. The topological polar surface area (TPSA) is 74.1 Å². The predicted molar refractivity (Wildman–Crippen MR) is 118 cm³/mol. The molecule has 1 aliphatic heterocycles. The SMILES string of the molecule is CCC(=O)O[C@@H]1[C@@H](c2ccccc2)Nc2c(ccn3c(C)c(C)nc23)[C@H]1OCCOC. The highest BCUT2D eigenvalue weighted by molar-refractivity contribution is 5.76. The van der Waals surface area contributed by atoms with Gasteiger partial charge in [0.05, 0.1) is 30.6 Å². The van der Waals surface area contributed by atoms with Crippen molar-refractivity contribution in [3.8, 4) is 0 Å². The zero-order valence-electron chi connectivity index (χ0n) is 18.4. The summed E-state index contributed by atoms with van der Waals surface area (Å²) in [4.78, 5) is 17.2. The molecule has 0 amide bonds. The van der Waals surface area contributed by atoms with Crippen LogP contribution in [0.15, 0.2) is 42.6 Å². The van der Waals surface area contributed by atoms with Crippen molar-refractivity contribution in [2.24, 2.45) is 0 Å². The number of anilines is 1. The van der Waals surface area contributed by atoms with Crippen LogP contribution in [0, 0.1) is 13.8 Å². The molecule has 0 unspecified atom stereocenters. The molecule has 164 valence electrons. The van der Waals surface area contributed by atoms with Gasteiger partial charge >= 0.3 is 5.97 Å². The van der Waals surface area contributed by atoms with Crippen LogP contribution in [0.4, 0.5) is 5.69 Å². The van der Waals surface area contributed by atoms with Crippen LogP contribution in [0.2, 0.25) is 0 Å². The number of aromatic nitrogens is 2. The maximum Gasteiger partial charge on any atom is 0.305 e. The molecule has 3 atom stereocenters. The Hall–Kier alpha value is -2.90. The number of aryl methyl sites for hydroxylation is 2. The zero-order valence-corrected chi connectivity index (χ0v) is 18.4. The number of ether oxygens (including phenoxy) is 3. The number of hydrogen-bond acceptors (Lipinski definition) is 6. The van der Waals surface area contributed by atoms with Gasteiger partial charge in [0.1, 0.15) is 6.10 Å². The summed E-state index contributed by atoms with van der Waals surface area (Å²) in [5.41, 5.74) is 5.75. The van der Waals surface area contributed by atoms with Crippen molar-refractivity contribution in [2.45, 2.75) is 45.4 Å². The predicted octanol–water partition coefficient (Wildman–Crippen LogP) is 4.14. The van der Waals surface area contributed by atoms with Gasteiger partial charge in [0.25, 0.3) is 0 Å². The van der Waals surface area contributed by atoms with Crippen LogP contribution in [0.3, 0.4) is 0 Å². The minimum absolute atomic E-state index is 0.259. The van der Waals surface area contributed by atoms with Gasteiger partial charge in [0, 0.05) is 31.0 Å². The van der Waals surface area contributed by atoms with Gasteiger partial charge in [-0.2, -0.15) is 0 Å². The number of methoxy groups -OCH3 is 1. The first kappa shape index (κ1) is 21.3. The molecule has 0 aliphatic carbocycles. The number of nitrogens with zero attached hydrogens (tertiary/aromatic N) is 2. The lowest BCUT2D eigenvalue weighted by atomic mass is 9.88. The first-order chi connectivity index (χ1) is 15.0. The number of benzene rings is 1. The largest absolute Gasteiger partial charge is 0.457 e. The van der Waals surface area contributed by atoms with E-state index in [1.165, 1.54) is 0 Å². The van der Waals surface area contributed by atoms with Gasteiger partial charge in [-0.3, -0.25) is 4.79 Å². The Labute approximate surface area is 182 Å². The lowest BCUT2D eigenvalue weighted by Crippen LogP contribution is -2.41. The number of pyridine rings is 1. The van der Waals surface area contributed by atoms with Crippen molar-refractivity contribution >= 4 is 17.3 Å². The maximum atomic E-state index is 12.4. The number of carbonyl (C=O) groups is 1. The molecule has 7 heteroatoms. The van der Waals surface area contributed by atoms with Crippen LogP contribution in [0.1, 0.15) is 48.0 Å². The van der Waals surface area contributed by atoms with Crippen molar-refractivity contribution in [3.05, 3.63) is 65.1 Å². The van der Waals surface area contributed by atoms with Gasteiger partial charge in [-0.25, -0.2) is 4.98 Å². The first-order valence-corrected chi connectivity index (χ1v) is 10.6. The van der Waals surface area contributed by atoms with Gasteiger partial charge in [-0.1, -0.05) is 37.3 Å². The fraction of sp³-hybridized carbons (Fsp3) is 0.417. The summed E-state index contributed by atoms with van der Waals surface area (Å²) in [6.45, 7) is 6.69. The van der Waals surface area contributed by atoms with Crippen LogP contribution < -0.4 is 5.32 Å². The molecule has 7 nitrogen and oxygen atoms in total. The van der Waals surface area contributed by atoms with Crippen molar-refractivity contribution in [1.29, 1.82) is 0 Å². The quantitative estimate of drug-likeness (QED) is 0.455. The third-order valence-corrected chi connectivity index (χ3v) is 5.84. The summed E-state index contributed by atoms with van der Waals surface area (Å²) < 4.78 is 19.5. The number of fused-ring (bicyclic) bond motifs is 3. The minimum Gasteiger partial charge on any atom is -0.457 e. The van der Waals surface area contributed by atoms with E-state index < -0.39 is 12.2 Å². The summed E-state index contributed by atoms with van der Waals surface area (Å²) in [5.74, 6) is -0.259. The van der Waals surface area contributed by atoms with E-state index in [9.17, 15) is 4.79 Å². The zero-order chi connectivity index (χ0) is 22.0. The first-order valence-electron chi connectivity index (χ1n) is 10.6. The number of carbonyl (C=O) groups excluding carboxylic acids is 1. The summed E-state index contributed by atoms with van der Waals surface area (Å²) in [6.07, 6.45) is 1.32. The average Bonchev–Trinajstić information content (AvgIpc) is 3.09. The van der Waals surface area contributed by atoms with Crippen molar-refractivity contribution in [2.75, 3.05) is 25.6 Å². The number of imidazole rings is 1. The van der Waals surface area contributed by atoms with Crippen LogP contribution in [-0.4, -0.2) is 41.8 Å². The molecule has 1 N–H and O–H groups in total. The van der Waals surface area contributed by atoms with E-state index in [1.807, 2.05) is 49.5 Å². The summed E-state index contributed by atoms with van der Waals surface area (Å²) in [6, 6.07) is 11.7. The van der Waals surface area contributed by atoms with Crippen molar-refractivity contribution < 1.29 is 19.0 Å². The second-order valence-electron chi connectivity index (χ2n) is 7.75. The Morgan fingerprint density at radius 3 is 2.65 bits per heavy atom. The molecule has 0 fully saturated rings. The summed E-state index contributed by atoms with van der Waals surface area (Å²) in [5, 5.41) is 3.62. The van der Waals surface area contributed by atoms with Gasteiger partial charge in [-0.05, 0) is 25.5 Å². The number of rotatable bonds is 7. The molecule has 0 saturated carbocycles. The van der Waals surface area contributed by atoms with E-state index >= 15 is 0 Å². The fourth-order valence-corrected chi connectivity index (χ4v) is 4.07. The third kappa shape index (κ3) is 4.03. The Balaban J connectivity index is 1.86. The van der Waals surface area contributed by atoms with E-state index in [0.29, 0.717) is 19.6 Å². The summed E-state index contributed by atoms with van der Waals surface area (Å²) in [7, 11) is 1.64. The van der Waals surface area contributed by atoms with Crippen LogP contribution in [0.25, 0.3) is 5.65 Å². The highest BCUT2D eigenvalue weighted by atomic mass is 16.6. The van der Waals surface area contributed by atoms with Gasteiger partial charge in [0.15, 0.2) is 11.8 Å². The number of hydrogen-bond donors (Lipinski definition) is 1. The molecule has 1 aromatic carbocycles. The van der Waals surface area contributed by atoms with Crippen LogP contribution in [-0.2, 0) is 19.0 Å². The Morgan fingerprint density at radius 1 is 1.16 bits per heavy atom. The minimum atomic E-state index is -0.529. The van der Waals surface area contributed by atoms with E-state index in [1.54, 1.807) is 14.0 Å². The standard InChI is InChI=1S/C24H29N3O4/c1-5-19(28)31-23-20(17-9-7-6-8-10-17)26-21-18(22(23)30-14-13-29-4)11-12-27-16(3)15(2)25-24(21)27/h6-12,20,22-23,26H,5,13-14H2,1-4H3/t20-,22-,23-/m1/s1. The molecule has 2 aromatic heterocycles. The average molecular weight is 424 g/mol. The lowest BCUT2D eigenvalue weighted by molar-refractivity contribution is -0.161. The molecular weight excluding hydrogens is 394 g/mol. The molecule has 1 aliphatic rings. The van der Waals surface area contributed by atoms with Gasteiger partial charge in [-0.15, -0.1) is 0 Å². The van der Waals surface area contributed by atoms with Gasteiger partial charge in [0.2, 0.25) is 0 Å². The highest BCUT2D eigenvalue weighted by Crippen LogP contribution is 2.44. The van der Waals surface area contributed by atoms with Crippen molar-refractivity contribution in [1.82, 2.24) is 9.38 Å². The second-order valence-corrected chi connectivity index (χ2v) is 7.75. The van der Waals surface area contributed by atoms with Crippen LogP contribution in [0.5, 0.6) is 0 Å². The second kappa shape index (κ2) is 9.08. The molecule has 0 bridgehead atoms. The van der Waals surface area contributed by atoms with Gasteiger partial charge < -0.3 is 23.9 Å². The molecule has 0 radical (unpaired) electrons. The smallest absolute Gasteiger partial charge is 0.305 e. The van der Waals surface area contributed by atoms with E-state index in [0.717, 1.165) is 33.8 Å². The lowest BCUT2D eigenvalue weighted by Gasteiger charge is -2.40. The molecular formula is C24H29N3O4. The fourth-order valence-electron chi connectivity index (χ4n) is 4.07. The molecule has 3 aromatic rings. The molecule has 0 spiro atoms. The Morgan fingerprint density at radius 2 is 1.94 bits per heavy atom. The van der Waals surface area contributed by atoms with E-state index in [2.05, 4.69) is 16.6 Å². The van der Waals surface area contributed by atoms with Crippen LogP contribution >= 0.6 is 0 Å². The number of nitrogens with one attached hydrogen (secondary N) is 1. The Bertz CT molecular complexity index is 1060. The van der Waals surface area contributed by atoms with E-state index in [-0.39, 0.29) is 12.0 Å². The molecule has 4 rings (SSSR count). The molecule has 31 heavy (non-hydrogen) atoms. The Kier molecular flexibility index (Phi) is 6.25. The third-order valence-electron chi connectivity index (χ3n) is 5.84. The number of esters is 1. The van der Waals surface area contributed by atoms with E-state index in [4.69, 9.17) is 19.2 Å². The highest BCUT2D eigenvalue weighted by Gasteiger charge is 2.42. The van der Waals surface area contributed by atoms with Crippen molar-refractivity contribution in [3.63, 3.8) is 0 Å². The molecule has 0 saturated heterocycles. The summed E-state index contributed by atoms with van der Waals surface area (Å²) >= 11 is 0. The normalized spacial score (nSPS) is 20.3. The monoisotopic (exact) mass is 423 g/mol. The maximum absolute atomic E-state index is 12.4.